The molecule has 0 heterocycles. The molecule has 1 nitrogen and oxygen atoms in total. The summed E-state index contributed by atoms with van der Waals surface area (Å²) in [6, 6.07) is 17.8. The molecule has 0 N–H and O–H groups in total. The second kappa shape index (κ2) is 5.70. The fourth-order valence-electron chi connectivity index (χ4n) is 3.15. The summed E-state index contributed by atoms with van der Waals surface area (Å²) in [4.78, 5) is 2.25. The molecule has 104 valence electrons. The Morgan fingerprint density at radius 1 is 0.800 bits per heavy atom. The van der Waals surface area contributed by atoms with Gasteiger partial charge in [-0.15, -0.1) is 0 Å². The Morgan fingerprint density at radius 2 is 1.30 bits per heavy atom. The Bertz CT molecular complexity index is 547. The van der Waals surface area contributed by atoms with Gasteiger partial charge in [-0.3, -0.25) is 0 Å². The first-order valence-electron chi connectivity index (χ1n) is 7.64. The van der Waals surface area contributed by atoms with Gasteiger partial charge >= 0.3 is 0 Å². The zero-order chi connectivity index (χ0) is 13.9. The standard InChI is InChI=1S/C19H23N/c1-15-7-11-18(12-8-15)20(2)19-13-9-17(10-14-19)16-5-3-4-6-16/h7-14,16H,3-6H2,1-2H3. The lowest BCUT2D eigenvalue weighted by Crippen LogP contribution is -2.09. The molecule has 1 aliphatic carbocycles. The fraction of sp³-hybridized carbons (Fsp3) is 0.368. The second-order valence-corrected chi connectivity index (χ2v) is 5.97. The molecule has 2 aromatic carbocycles. The van der Waals surface area contributed by atoms with Gasteiger partial charge < -0.3 is 4.90 Å². The number of anilines is 2. The number of aryl methyl sites for hydroxylation is 1. The van der Waals surface area contributed by atoms with Crippen LogP contribution in [0.25, 0.3) is 0 Å². The van der Waals surface area contributed by atoms with E-state index in [1.54, 1.807) is 0 Å². The number of hydrogen-bond donors (Lipinski definition) is 0. The third-order valence-electron chi connectivity index (χ3n) is 4.53. The van der Waals surface area contributed by atoms with Crippen molar-refractivity contribution in [1.82, 2.24) is 0 Å². The molecule has 20 heavy (non-hydrogen) atoms. The fourth-order valence-corrected chi connectivity index (χ4v) is 3.15. The summed E-state index contributed by atoms with van der Waals surface area (Å²) in [7, 11) is 2.13. The molecule has 2 aromatic rings. The molecule has 0 unspecified atom stereocenters. The molecule has 0 aliphatic heterocycles. The van der Waals surface area contributed by atoms with Crippen LogP contribution in [0.3, 0.4) is 0 Å². The minimum absolute atomic E-state index is 0.800. The van der Waals surface area contributed by atoms with Crippen molar-refractivity contribution in [2.45, 2.75) is 38.5 Å². The molecule has 0 bridgehead atoms. The molecule has 1 heteroatoms. The van der Waals surface area contributed by atoms with Crippen LogP contribution in [0.1, 0.15) is 42.7 Å². The number of nitrogens with zero attached hydrogens (tertiary/aromatic N) is 1. The van der Waals surface area contributed by atoms with Crippen LogP contribution >= 0.6 is 0 Å². The number of rotatable bonds is 3. The number of benzene rings is 2. The van der Waals surface area contributed by atoms with Gasteiger partial charge in [0.2, 0.25) is 0 Å². The van der Waals surface area contributed by atoms with Crippen LogP contribution in [0.15, 0.2) is 48.5 Å². The Labute approximate surface area is 122 Å². The molecule has 0 amide bonds. The van der Waals surface area contributed by atoms with Crippen molar-refractivity contribution in [3.05, 3.63) is 59.7 Å². The predicted molar refractivity (Wildman–Crippen MR) is 86.9 cm³/mol. The summed E-state index contributed by atoms with van der Waals surface area (Å²) < 4.78 is 0. The average molecular weight is 265 g/mol. The smallest absolute Gasteiger partial charge is 0.0408 e. The van der Waals surface area contributed by atoms with Gasteiger partial charge in [-0.2, -0.15) is 0 Å². The van der Waals surface area contributed by atoms with E-state index in [4.69, 9.17) is 0 Å². The highest BCUT2D eigenvalue weighted by Crippen LogP contribution is 2.35. The van der Waals surface area contributed by atoms with Gasteiger partial charge in [0.25, 0.3) is 0 Å². The molecular weight excluding hydrogens is 242 g/mol. The van der Waals surface area contributed by atoms with E-state index in [2.05, 4.69) is 67.4 Å². The predicted octanol–water partition coefficient (Wildman–Crippen LogP) is 5.42. The minimum Gasteiger partial charge on any atom is -0.345 e. The van der Waals surface area contributed by atoms with Crippen molar-refractivity contribution >= 4 is 11.4 Å². The molecular formula is C19H23N. The van der Waals surface area contributed by atoms with Gasteiger partial charge in [0.05, 0.1) is 0 Å². The van der Waals surface area contributed by atoms with Crippen LogP contribution in [-0.4, -0.2) is 7.05 Å². The van der Waals surface area contributed by atoms with E-state index in [1.165, 1.54) is 48.2 Å². The molecule has 3 rings (SSSR count). The summed E-state index contributed by atoms with van der Waals surface area (Å²) >= 11 is 0. The summed E-state index contributed by atoms with van der Waals surface area (Å²) in [6.45, 7) is 2.13. The molecule has 0 saturated heterocycles. The Morgan fingerprint density at radius 3 is 1.85 bits per heavy atom. The van der Waals surface area contributed by atoms with Crippen molar-refractivity contribution in [3.8, 4) is 0 Å². The lowest BCUT2D eigenvalue weighted by Gasteiger charge is -2.20. The third-order valence-corrected chi connectivity index (χ3v) is 4.53. The van der Waals surface area contributed by atoms with Crippen molar-refractivity contribution in [2.24, 2.45) is 0 Å². The molecule has 0 aromatic heterocycles. The van der Waals surface area contributed by atoms with E-state index in [-0.39, 0.29) is 0 Å². The average Bonchev–Trinajstić information content (AvgIpc) is 3.02. The van der Waals surface area contributed by atoms with Gasteiger partial charge in [0, 0.05) is 18.4 Å². The zero-order valence-electron chi connectivity index (χ0n) is 12.5. The molecule has 1 aliphatic rings. The molecule has 0 atom stereocenters. The molecule has 1 fully saturated rings. The highest BCUT2D eigenvalue weighted by Gasteiger charge is 2.16. The van der Waals surface area contributed by atoms with E-state index in [0.29, 0.717) is 0 Å². The van der Waals surface area contributed by atoms with Crippen molar-refractivity contribution in [1.29, 1.82) is 0 Å². The summed E-state index contributed by atoms with van der Waals surface area (Å²) in [5, 5.41) is 0. The molecule has 0 radical (unpaired) electrons. The van der Waals surface area contributed by atoms with Gasteiger partial charge in [0.15, 0.2) is 0 Å². The molecule has 1 saturated carbocycles. The van der Waals surface area contributed by atoms with Crippen molar-refractivity contribution in [3.63, 3.8) is 0 Å². The van der Waals surface area contributed by atoms with E-state index >= 15 is 0 Å². The van der Waals surface area contributed by atoms with Gasteiger partial charge in [-0.25, -0.2) is 0 Å². The maximum atomic E-state index is 2.32. The van der Waals surface area contributed by atoms with Crippen LogP contribution in [0.2, 0.25) is 0 Å². The van der Waals surface area contributed by atoms with Crippen LogP contribution in [0.5, 0.6) is 0 Å². The maximum absolute atomic E-state index is 2.32. The first-order chi connectivity index (χ1) is 9.74. The topological polar surface area (TPSA) is 3.24 Å². The van der Waals surface area contributed by atoms with Crippen LogP contribution < -0.4 is 4.90 Å². The monoisotopic (exact) mass is 265 g/mol. The highest BCUT2D eigenvalue weighted by atomic mass is 15.1. The molecule has 0 spiro atoms. The van der Waals surface area contributed by atoms with Crippen molar-refractivity contribution < 1.29 is 0 Å². The van der Waals surface area contributed by atoms with Gasteiger partial charge in [0.1, 0.15) is 0 Å². The summed E-state index contributed by atoms with van der Waals surface area (Å²) in [5.74, 6) is 0.800. The van der Waals surface area contributed by atoms with E-state index in [0.717, 1.165) is 5.92 Å². The quantitative estimate of drug-likeness (QED) is 0.716. The SMILES string of the molecule is Cc1ccc(N(C)c2ccc(C3CCCC3)cc2)cc1. The van der Waals surface area contributed by atoms with E-state index < -0.39 is 0 Å². The number of hydrogen-bond acceptors (Lipinski definition) is 1. The van der Waals surface area contributed by atoms with Crippen molar-refractivity contribution in [2.75, 3.05) is 11.9 Å². The zero-order valence-corrected chi connectivity index (χ0v) is 12.5. The van der Waals surface area contributed by atoms with Crippen LogP contribution in [-0.2, 0) is 0 Å². The first-order valence-corrected chi connectivity index (χ1v) is 7.64. The first kappa shape index (κ1) is 13.2. The van der Waals surface area contributed by atoms with E-state index in [1.807, 2.05) is 0 Å². The minimum atomic E-state index is 0.800. The lowest BCUT2D eigenvalue weighted by molar-refractivity contribution is 0.723. The normalized spacial score (nSPS) is 15.5. The van der Waals surface area contributed by atoms with Gasteiger partial charge in [-0.1, -0.05) is 42.7 Å². The van der Waals surface area contributed by atoms with Crippen LogP contribution in [0, 0.1) is 6.92 Å². The Hall–Kier alpha value is -1.76. The second-order valence-electron chi connectivity index (χ2n) is 5.97. The van der Waals surface area contributed by atoms with Crippen LogP contribution in [0.4, 0.5) is 11.4 Å². The lowest BCUT2D eigenvalue weighted by atomic mass is 9.97. The summed E-state index contributed by atoms with van der Waals surface area (Å²) in [5.41, 5.74) is 5.32. The highest BCUT2D eigenvalue weighted by molar-refractivity contribution is 5.62. The van der Waals surface area contributed by atoms with Gasteiger partial charge in [-0.05, 0) is 55.5 Å². The Balaban J connectivity index is 1.78. The Kier molecular flexibility index (Phi) is 3.77. The largest absolute Gasteiger partial charge is 0.345 e. The third kappa shape index (κ3) is 2.72. The van der Waals surface area contributed by atoms with E-state index in [9.17, 15) is 0 Å². The summed E-state index contributed by atoms with van der Waals surface area (Å²) in [6.07, 6.45) is 5.53. The maximum Gasteiger partial charge on any atom is 0.0408 e.